The number of hydrogen-bond acceptors (Lipinski definition) is 5. The smallest absolute Gasteiger partial charge is 0.306 e. The minimum Gasteiger partial charge on any atom is -0.469 e. The average Bonchev–Trinajstić information content (AvgIpc) is 2.82. The molecule has 1 N–H and O–H groups in total. The van der Waals surface area contributed by atoms with E-state index < -0.39 is 0 Å². The van der Waals surface area contributed by atoms with E-state index in [9.17, 15) is 4.79 Å². The molecular weight excluding hydrogens is 284 g/mol. The molecule has 112 valence electrons. The lowest BCUT2D eigenvalue weighted by atomic mass is 9.96. The van der Waals surface area contributed by atoms with Crippen molar-refractivity contribution in [1.82, 2.24) is 4.98 Å². The summed E-state index contributed by atoms with van der Waals surface area (Å²) >= 11 is 1.64. The monoisotopic (exact) mass is 304 g/mol. The molecule has 0 amide bonds. The van der Waals surface area contributed by atoms with Gasteiger partial charge in [-0.3, -0.25) is 4.79 Å². The molecule has 1 aromatic carbocycles. The van der Waals surface area contributed by atoms with E-state index in [0.29, 0.717) is 13.0 Å². The molecule has 1 heterocycles. The number of aromatic nitrogens is 1. The first kappa shape index (κ1) is 15.5. The Kier molecular flexibility index (Phi) is 5.33. The third-order valence-electron chi connectivity index (χ3n) is 3.44. The van der Waals surface area contributed by atoms with Gasteiger partial charge < -0.3 is 10.1 Å². The predicted molar refractivity (Wildman–Crippen MR) is 85.9 cm³/mol. The highest BCUT2D eigenvalue weighted by Gasteiger charge is 2.17. The predicted octanol–water partition coefficient (Wildman–Crippen LogP) is 3.52. The minimum atomic E-state index is -0.197. The number of benzene rings is 1. The zero-order valence-electron chi connectivity index (χ0n) is 12.6. The number of hydrogen-bond donors (Lipinski definition) is 1. The van der Waals surface area contributed by atoms with Crippen LogP contribution in [-0.4, -0.2) is 24.6 Å². The number of rotatable bonds is 6. The molecule has 0 aliphatic carbocycles. The SMILES string of the molecule is COC(=O)CC(CNc1nc(C)c(C)s1)c1ccccc1. The quantitative estimate of drug-likeness (QED) is 0.830. The maximum atomic E-state index is 11.6. The van der Waals surface area contributed by atoms with Gasteiger partial charge in [0.25, 0.3) is 0 Å². The van der Waals surface area contributed by atoms with E-state index in [1.807, 2.05) is 37.3 Å². The second kappa shape index (κ2) is 7.22. The summed E-state index contributed by atoms with van der Waals surface area (Å²) in [4.78, 5) is 17.3. The van der Waals surface area contributed by atoms with Crippen LogP contribution in [0.3, 0.4) is 0 Å². The molecule has 0 bridgehead atoms. The van der Waals surface area contributed by atoms with Crippen molar-refractivity contribution in [3.63, 3.8) is 0 Å². The van der Waals surface area contributed by atoms with Crippen molar-refractivity contribution in [2.75, 3.05) is 19.0 Å². The molecule has 2 aromatic rings. The Morgan fingerprint density at radius 3 is 2.62 bits per heavy atom. The summed E-state index contributed by atoms with van der Waals surface area (Å²) < 4.78 is 4.80. The standard InChI is InChI=1S/C16H20N2O2S/c1-11-12(2)21-16(18-11)17-10-14(9-15(19)20-3)13-7-5-4-6-8-13/h4-8,14H,9-10H2,1-3H3,(H,17,18). The summed E-state index contributed by atoms with van der Waals surface area (Å²) in [6.07, 6.45) is 0.358. The van der Waals surface area contributed by atoms with E-state index in [0.717, 1.165) is 16.4 Å². The first-order chi connectivity index (χ1) is 10.1. The van der Waals surface area contributed by atoms with Crippen LogP contribution in [0.4, 0.5) is 5.13 Å². The summed E-state index contributed by atoms with van der Waals surface area (Å²) in [5, 5.41) is 4.23. The summed E-state index contributed by atoms with van der Waals surface area (Å²) in [6.45, 7) is 4.72. The molecule has 0 aliphatic heterocycles. The zero-order valence-corrected chi connectivity index (χ0v) is 13.4. The fourth-order valence-electron chi connectivity index (χ4n) is 2.08. The van der Waals surface area contributed by atoms with E-state index in [1.165, 1.54) is 12.0 Å². The van der Waals surface area contributed by atoms with Gasteiger partial charge in [-0.2, -0.15) is 0 Å². The molecule has 1 aromatic heterocycles. The lowest BCUT2D eigenvalue weighted by Crippen LogP contribution is -2.17. The Morgan fingerprint density at radius 2 is 2.05 bits per heavy atom. The number of thiazole rings is 1. The molecule has 1 unspecified atom stereocenters. The van der Waals surface area contributed by atoms with Gasteiger partial charge in [-0.15, -0.1) is 11.3 Å². The second-order valence-corrected chi connectivity index (χ2v) is 6.13. The van der Waals surface area contributed by atoms with Crippen LogP contribution in [0.1, 0.15) is 28.5 Å². The number of nitrogens with one attached hydrogen (secondary N) is 1. The van der Waals surface area contributed by atoms with Gasteiger partial charge in [-0.1, -0.05) is 30.3 Å². The Bertz CT molecular complexity index is 576. The number of methoxy groups -OCH3 is 1. The molecule has 0 saturated carbocycles. The molecule has 21 heavy (non-hydrogen) atoms. The van der Waals surface area contributed by atoms with Crippen molar-refractivity contribution >= 4 is 22.4 Å². The van der Waals surface area contributed by atoms with E-state index in [-0.39, 0.29) is 11.9 Å². The Morgan fingerprint density at radius 1 is 1.33 bits per heavy atom. The Hall–Kier alpha value is -1.88. The molecule has 0 saturated heterocycles. The summed E-state index contributed by atoms with van der Waals surface area (Å²) in [7, 11) is 1.42. The van der Waals surface area contributed by atoms with E-state index in [4.69, 9.17) is 4.74 Å². The molecule has 0 aliphatic rings. The second-order valence-electron chi connectivity index (χ2n) is 4.93. The first-order valence-corrected chi connectivity index (χ1v) is 7.71. The van der Waals surface area contributed by atoms with Crippen LogP contribution < -0.4 is 5.32 Å². The van der Waals surface area contributed by atoms with Gasteiger partial charge in [0.05, 0.1) is 19.2 Å². The molecule has 5 heteroatoms. The third-order valence-corrected chi connectivity index (χ3v) is 4.47. The van der Waals surface area contributed by atoms with Gasteiger partial charge in [0.1, 0.15) is 0 Å². The number of aryl methyl sites for hydroxylation is 2. The van der Waals surface area contributed by atoms with Gasteiger partial charge >= 0.3 is 5.97 Å². The van der Waals surface area contributed by atoms with Crippen molar-refractivity contribution in [2.24, 2.45) is 0 Å². The van der Waals surface area contributed by atoms with Crippen LogP contribution >= 0.6 is 11.3 Å². The molecule has 2 rings (SSSR count). The lowest BCUT2D eigenvalue weighted by Gasteiger charge is -2.16. The number of ether oxygens (including phenoxy) is 1. The van der Waals surface area contributed by atoms with Crippen molar-refractivity contribution < 1.29 is 9.53 Å². The van der Waals surface area contributed by atoms with E-state index in [1.54, 1.807) is 11.3 Å². The van der Waals surface area contributed by atoms with Gasteiger partial charge in [-0.05, 0) is 19.4 Å². The zero-order chi connectivity index (χ0) is 15.2. The summed E-state index contributed by atoms with van der Waals surface area (Å²) in [5.41, 5.74) is 2.17. The van der Waals surface area contributed by atoms with Crippen LogP contribution in [0.2, 0.25) is 0 Å². The summed E-state index contributed by atoms with van der Waals surface area (Å²) in [6, 6.07) is 10.0. The molecule has 0 fully saturated rings. The highest BCUT2D eigenvalue weighted by molar-refractivity contribution is 7.15. The van der Waals surface area contributed by atoms with E-state index >= 15 is 0 Å². The van der Waals surface area contributed by atoms with Gasteiger partial charge in [0, 0.05) is 17.3 Å². The third kappa shape index (κ3) is 4.29. The van der Waals surface area contributed by atoms with Crippen molar-refractivity contribution in [3.8, 4) is 0 Å². The molecule has 0 radical (unpaired) electrons. The van der Waals surface area contributed by atoms with Gasteiger partial charge in [-0.25, -0.2) is 4.98 Å². The number of carbonyl (C=O) groups excluding carboxylic acids is 1. The molecule has 1 atom stereocenters. The largest absolute Gasteiger partial charge is 0.469 e. The minimum absolute atomic E-state index is 0.0724. The fourth-order valence-corrected chi connectivity index (χ4v) is 2.90. The maximum absolute atomic E-state index is 11.6. The average molecular weight is 304 g/mol. The number of carbonyl (C=O) groups is 1. The summed E-state index contributed by atoms with van der Waals surface area (Å²) in [5.74, 6) is -0.125. The van der Waals surface area contributed by atoms with Gasteiger partial charge in [0.15, 0.2) is 5.13 Å². The number of anilines is 1. The number of nitrogens with zero attached hydrogens (tertiary/aromatic N) is 1. The van der Waals surface area contributed by atoms with Crippen LogP contribution in [0, 0.1) is 13.8 Å². The number of esters is 1. The van der Waals surface area contributed by atoms with Crippen molar-refractivity contribution in [2.45, 2.75) is 26.2 Å². The topological polar surface area (TPSA) is 51.2 Å². The Balaban J connectivity index is 2.07. The van der Waals surface area contributed by atoms with Gasteiger partial charge in [0.2, 0.25) is 0 Å². The van der Waals surface area contributed by atoms with Crippen LogP contribution in [0.25, 0.3) is 0 Å². The lowest BCUT2D eigenvalue weighted by molar-refractivity contribution is -0.141. The Labute approximate surface area is 129 Å². The fraction of sp³-hybridized carbons (Fsp3) is 0.375. The van der Waals surface area contributed by atoms with Crippen LogP contribution in [0.15, 0.2) is 30.3 Å². The highest BCUT2D eigenvalue weighted by Crippen LogP contribution is 2.24. The molecule has 4 nitrogen and oxygen atoms in total. The van der Waals surface area contributed by atoms with E-state index in [2.05, 4.69) is 17.2 Å². The first-order valence-electron chi connectivity index (χ1n) is 6.89. The highest BCUT2D eigenvalue weighted by atomic mass is 32.1. The molecule has 0 spiro atoms. The maximum Gasteiger partial charge on any atom is 0.306 e. The molecular formula is C16H20N2O2S. The normalized spacial score (nSPS) is 12.0. The van der Waals surface area contributed by atoms with Crippen LogP contribution in [0.5, 0.6) is 0 Å². The van der Waals surface area contributed by atoms with Crippen molar-refractivity contribution in [1.29, 1.82) is 0 Å². The van der Waals surface area contributed by atoms with Crippen molar-refractivity contribution in [3.05, 3.63) is 46.5 Å². The van der Waals surface area contributed by atoms with Crippen LogP contribution in [-0.2, 0) is 9.53 Å².